The second kappa shape index (κ2) is 12.3. The van der Waals surface area contributed by atoms with Gasteiger partial charge in [0.1, 0.15) is 0 Å². The number of carbonyl (C=O) groups is 1. The van der Waals surface area contributed by atoms with Gasteiger partial charge >= 0.3 is 0 Å². The first kappa shape index (κ1) is 23.0. The third kappa shape index (κ3) is 7.95. The van der Waals surface area contributed by atoms with Crippen molar-refractivity contribution in [1.82, 2.24) is 5.32 Å². The predicted molar refractivity (Wildman–Crippen MR) is 119 cm³/mol. The van der Waals surface area contributed by atoms with Crippen LogP contribution < -0.4 is 20.1 Å². The fourth-order valence-electron chi connectivity index (χ4n) is 2.83. The maximum Gasteiger partial charge on any atom is 0.262 e. The summed E-state index contributed by atoms with van der Waals surface area (Å²) in [5.41, 5.74) is 2.88. The molecule has 0 heterocycles. The number of carbonyl (C=O) groups excluding carboxylic acids is 1. The van der Waals surface area contributed by atoms with E-state index in [1.54, 1.807) is 0 Å². The van der Waals surface area contributed by atoms with Crippen LogP contribution in [0.1, 0.15) is 44.2 Å². The highest BCUT2D eigenvalue weighted by molar-refractivity contribution is 6.32. The standard InChI is InChI=1S/C23H31ClN2O3/c1-4-6-7-12-25-15-18-13-20(24)23(21(14-18)28-5-2)29-16-22(27)26-19-10-8-17(3)9-11-19/h8-11,13-14,25H,4-7,12,15-16H2,1-3H3,(H,26,27). The Morgan fingerprint density at radius 3 is 2.52 bits per heavy atom. The molecule has 5 nitrogen and oxygen atoms in total. The molecular formula is C23H31ClN2O3. The Kier molecular flexibility index (Phi) is 9.81. The number of anilines is 1. The van der Waals surface area contributed by atoms with Crippen LogP contribution in [0.25, 0.3) is 0 Å². The van der Waals surface area contributed by atoms with Gasteiger partial charge in [-0.3, -0.25) is 4.79 Å². The minimum absolute atomic E-state index is 0.151. The van der Waals surface area contributed by atoms with Crippen LogP contribution in [0, 0.1) is 6.92 Å². The van der Waals surface area contributed by atoms with Crippen molar-refractivity contribution in [3.05, 3.63) is 52.5 Å². The number of benzene rings is 2. The van der Waals surface area contributed by atoms with E-state index >= 15 is 0 Å². The van der Waals surface area contributed by atoms with Gasteiger partial charge in [0.15, 0.2) is 18.1 Å². The van der Waals surface area contributed by atoms with Gasteiger partial charge in [-0.1, -0.05) is 49.1 Å². The minimum atomic E-state index is -0.256. The number of amides is 1. The summed E-state index contributed by atoms with van der Waals surface area (Å²) in [5, 5.41) is 6.66. The second-order valence-electron chi connectivity index (χ2n) is 6.92. The number of unbranched alkanes of at least 4 members (excludes halogenated alkanes) is 2. The molecule has 0 unspecified atom stereocenters. The molecule has 0 spiro atoms. The van der Waals surface area contributed by atoms with Gasteiger partial charge in [0.05, 0.1) is 11.6 Å². The van der Waals surface area contributed by atoms with E-state index in [4.69, 9.17) is 21.1 Å². The zero-order valence-corrected chi connectivity index (χ0v) is 18.3. The van der Waals surface area contributed by atoms with E-state index in [1.807, 2.05) is 50.2 Å². The van der Waals surface area contributed by atoms with E-state index in [2.05, 4.69) is 17.6 Å². The van der Waals surface area contributed by atoms with Crippen molar-refractivity contribution in [3.63, 3.8) is 0 Å². The number of halogens is 1. The molecule has 0 aliphatic heterocycles. The molecule has 2 aromatic carbocycles. The van der Waals surface area contributed by atoms with Crippen LogP contribution in [0.5, 0.6) is 11.5 Å². The molecule has 0 aromatic heterocycles. The maximum atomic E-state index is 12.2. The Balaban J connectivity index is 1.97. The maximum absolute atomic E-state index is 12.2. The van der Waals surface area contributed by atoms with Crippen molar-refractivity contribution in [2.45, 2.75) is 46.6 Å². The predicted octanol–water partition coefficient (Wildman–Crippen LogP) is 5.34. The number of hydrogen-bond donors (Lipinski definition) is 2. The Morgan fingerprint density at radius 1 is 1.07 bits per heavy atom. The average molecular weight is 419 g/mol. The van der Waals surface area contributed by atoms with Crippen LogP contribution in [0.2, 0.25) is 5.02 Å². The van der Waals surface area contributed by atoms with Gasteiger partial charge in [-0.25, -0.2) is 0 Å². The second-order valence-corrected chi connectivity index (χ2v) is 7.33. The fraction of sp³-hybridized carbons (Fsp3) is 0.435. The normalized spacial score (nSPS) is 10.6. The van der Waals surface area contributed by atoms with Gasteiger partial charge in [-0.05, 0) is 56.6 Å². The van der Waals surface area contributed by atoms with Crippen molar-refractivity contribution in [3.8, 4) is 11.5 Å². The molecule has 6 heteroatoms. The van der Waals surface area contributed by atoms with Gasteiger partial charge in [0.2, 0.25) is 0 Å². The lowest BCUT2D eigenvalue weighted by molar-refractivity contribution is -0.118. The highest BCUT2D eigenvalue weighted by atomic mass is 35.5. The Labute approximate surface area is 178 Å². The van der Waals surface area contributed by atoms with Crippen LogP contribution in [0.4, 0.5) is 5.69 Å². The van der Waals surface area contributed by atoms with Crippen molar-refractivity contribution < 1.29 is 14.3 Å². The Bertz CT molecular complexity index is 778. The van der Waals surface area contributed by atoms with Crippen molar-refractivity contribution >= 4 is 23.2 Å². The summed E-state index contributed by atoms with van der Waals surface area (Å²) in [6.45, 7) is 8.09. The molecule has 0 aliphatic carbocycles. The lowest BCUT2D eigenvalue weighted by Crippen LogP contribution is -2.20. The van der Waals surface area contributed by atoms with Crippen LogP contribution in [0.3, 0.4) is 0 Å². The van der Waals surface area contributed by atoms with E-state index < -0.39 is 0 Å². The minimum Gasteiger partial charge on any atom is -0.490 e. The van der Waals surface area contributed by atoms with E-state index in [-0.39, 0.29) is 12.5 Å². The Morgan fingerprint density at radius 2 is 1.83 bits per heavy atom. The largest absolute Gasteiger partial charge is 0.490 e. The number of hydrogen-bond acceptors (Lipinski definition) is 4. The number of nitrogens with one attached hydrogen (secondary N) is 2. The first-order chi connectivity index (χ1) is 14.0. The molecule has 0 radical (unpaired) electrons. The van der Waals surface area contributed by atoms with Crippen molar-refractivity contribution in [2.24, 2.45) is 0 Å². The summed E-state index contributed by atoms with van der Waals surface area (Å²) in [6, 6.07) is 11.4. The van der Waals surface area contributed by atoms with Gasteiger partial charge in [-0.15, -0.1) is 0 Å². The molecule has 2 N–H and O–H groups in total. The zero-order valence-electron chi connectivity index (χ0n) is 17.5. The topological polar surface area (TPSA) is 59.6 Å². The van der Waals surface area contributed by atoms with E-state index in [0.717, 1.165) is 29.8 Å². The molecule has 0 bridgehead atoms. The number of aryl methyl sites for hydroxylation is 1. The smallest absolute Gasteiger partial charge is 0.262 e. The summed E-state index contributed by atoms with van der Waals surface area (Å²) in [5.74, 6) is 0.685. The molecule has 2 rings (SSSR count). The summed E-state index contributed by atoms with van der Waals surface area (Å²) in [4.78, 5) is 12.2. The first-order valence-electron chi connectivity index (χ1n) is 10.2. The summed E-state index contributed by atoms with van der Waals surface area (Å²) < 4.78 is 11.4. The molecule has 2 aromatic rings. The summed E-state index contributed by atoms with van der Waals surface area (Å²) >= 11 is 6.43. The van der Waals surface area contributed by atoms with Crippen LogP contribution in [-0.2, 0) is 11.3 Å². The van der Waals surface area contributed by atoms with E-state index in [9.17, 15) is 4.79 Å². The van der Waals surface area contributed by atoms with E-state index in [1.165, 1.54) is 12.8 Å². The summed E-state index contributed by atoms with van der Waals surface area (Å²) in [7, 11) is 0. The molecule has 29 heavy (non-hydrogen) atoms. The van der Waals surface area contributed by atoms with Crippen LogP contribution in [-0.4, -0.2) is 25.7 Å². The third-order valence-corrected chi connectivity index (χ3v) is 4.62. The van der Waals surface area contributed by atoms with E-state index in [0.29, 0.717) is 29.7 Å². The number of rotatable bonds is 12. The van der Waals surface area contributed by atoms with Crippen molar-refractivity contribution in [1.29, 1.82) is 0 Å². The lowest BCUT2D eigenvalue weighted by atomic mass is 10.2. The van der Waals surface area contributed by atoms with Gasteiger partial charge < -0.3 is 20.1 Å². The van der Waals surface area contributed by atoms with Crippen molar-refractivity contribution in [2.75, 3.05) is 25.1 Å². The molecule has 0 fully saturated rings. The fourth-order valence-corrected chi connectivity index (χ4v) is 3.12. The summed E-state index contributed by atoms with van der Waals surface area (Å²) in [6.07, 6.45) is 3.57. The molecule has 158 valence electrons. The van der Waals surface area contributed by atoms with Gasteiger partial charge in [-0.2, -0.15) is 0 Å². The molecule has 0 atom stereocenters. The highest BCUT2D eigenvalue weighted by Gasteiger charge is 2.14. The first-order valence-corrected chi connectivity index (χ1v) is 10.6. The van der Waals surface area contributed by atoms with Crippen LogP contribution >= 0.6 is 11.6 Å². The number of ether oxygens (including phenoxy) is 2. The molecular weight excluding hydrogens is 388 g/mol. The van der Waals surface area contributed by atoms with Gasteiger partial charge in [0.25, 0.3) is 5.91 Å². The third-order valence-electron chi connectivity index (χ3n) is 4.34. The van der Waals surface area contributed by atoms with Gasteiger partial charge in [0, 0.05) is 12.2 Å². The van der Waals surface area contributed by atoms with Crippen LogP contribution in [0.15, 0.2) is 36.4 Å². The molecule has 0 saturated heterocycles. The molecule has 0 saturated carbocycles. The Hall–Kier alpha value is -2.24. The SMILES string of the molecule is CCCCCNCc1cc(Cl)c(OCC(=O)Nc2ccc(C)cc2)c(OCC)c1. The zero-order chi connectivity index (χ0) is 21.1. The molecule has 1 amide bonds. The quantitative estimate of drug-likeness (QED) is 0.456. The average Bonchev–Trinajstić information content (AvgIpc) is 2.69. The molecule has 0 aliphatic rings. The monoisotopic (exact) mass is 418 g/mol. The highest BCUT2D eigenvalue weighted by Crippen LogP contribution is 2.36. The lowest BCUT2D eigenvalue weighted by Gasteiger charge is -2.15.